The second-order valence-corrected chi connectivity index (χ2v) is 3.79. The van der Waals surface area contributed by atoms with Crippen LogP contribution in [0.4, 0.5) is 0 Å². The van der Waals surface area contributed by atoms with Gasteiger partial charge in [0.2, 0.25) is 0 Å². The van der Waals surface area contributed by atoms with Gasteiger partial charge in [0.25, 0.3) is 0 Å². The summed E-state index contributed by atoms with van der Waals surface area (Å²) >= 11 is 0. The van der Waals surface area contributed by atoms with E-state index in [1.807, 2.05) is 0 Å². The number of aliphatic hydroxyl groups is 1. The van der Waals surface area contributed by atoms with Crippen molar-refractivity contribution in [2.45, 2.75) is 44.8 Å². The Kier molecular flexibility index (Phi) is 5.35. The van der Waals surface area contributed by atoms with Crippen LogP contribution in [0, 0.1) is 0 Å². The van der Waals surface area contributed by atoms with Crippen LogP contribution in [0.25, 0.3) is 0 Å². The lowest BCUT2D eigenvalue weighted by molar-refractivity contribution is 0.0133. The molecular weight excluding hydrogens is 166 g/mol. The molecule has 3 heteroatoms. The van der Waals surface area contributed by atoms with Crippen molar-refractivity contribution in [1.29, 1.82) is 0 Å². The molecule has 0 amide bonds. The maximum Gasteiger partial charge on any atom is 0.0561 e. The molecule has 0 aromatic carbocycles. The largest absolute Gasteiger partial charge is 0.396 e. The highest BCUT2D eigenvalue weighted by atomic mass is 16.5. The summed E-state index contributed by atoms with van der Waals surface area (Å²) in [6, 6.07) is 0.627. The average Bonchev–Trinajstić information content (AvgIpc) is 2.13. The lowest BCUT2D eigenvalue weighted by atomic mass is 10.0. The van der Waals surface area contributed by atoms with Gasteiger partial charge in [0, 0.05) is 19.3 Å². The number of unbranched alkanes of at least 4 members (excludes halogenated alkanes) is 1. The Morgan fingerprint density at radius 3 is 3.00 bits per heavy atom. The number of hydrogen-bond donors (Lipinski definition) is 2. The molecule has 2 atom stereocenters. The van der Waals surface area contributed by atoms with Crippen molar-refractivity contribution in [3.05, 3.63) is 0 Å². The van der Waals surface area contributed by atoms with Gasteiger partial charge >= 0.3 is 0 Å². The van der Waals surface area contributed by atoms with Crippen LogP contribution in [0.2, 0.25) is 0 Å². The van der Waals surface area contributed by atoms with Crippen LogP contribution in [0.15, 0.2) is 0 Å². The minimum absolute atomic E-state index is 0.311. The van der Waals surface area contributed by atoms with Gasteiger partial charge in [0.15, 0.2) is 0 Å². The van der Waals surface area contributed by atoms with Gasteiger partial charge in [0.05, 0.1) is 6.10 Å². The molecule has 1 heterocycles. The third kappa shape index (κ3) is 4.60. The van der Waals surface area contributed by atoms with Gasteiger partial charge in [-0.1, -0.05) is 0 Å². The monoisotopic (exact) mass is 187 g/mol. The van der Waals surface area contributed by atoms with E-state index in [2.05, 4.69) is 12.2 Å². The summed E-state index contributed by atoms with van der Waals surface area (Å²) in [5.41, 5.74) is 0. The molecule has 0 radical (unpaired) electrons. The van der Waals surface area contributed by atoms with E-state index in [0.29, 0.717) is 18.8 Å². The zero-order chi connectivity index (χ0) is 9.52. The maximum atomic E-state index is 8.60. The smallest absolute Gasteiger partial charge is 0.0561 e. The minimum atomic E-state index is 0.311. The van der Waals surface area contributed by atoms with Gasteiger partial charge in [-0.15, -0.1) is 0 Å². The van der Waals surface area contributed by atoms with Crippen LogP contribution in [0.1, 0.15) is 32.6 Å². The van der Waals surface area contributed by atoms with E-state index in [9.17, 15) is 0 Å². The van der Waals surface area contributed by atoms with Crippen molar-refractivity contribution in [1.82, 2.24) is 5.32 Å². The maximum absolute atomic E-state index is 8.60. The zero-order valence-corrected chi connectivity index (χ0v) is 8.46. The standard InChI is InChI=1S/C10H21NO2/c1-9-8-10(4-7-13-9)11-5-2-3-6-12/h9-12H,2-8H2,1H3. The van der Waals surface area contributed by atoms with Crippen molar-refractivity contribution in [3.8, 4) is 0 Å². The molecular formula is C10H21NO2. The Hall–Kier alpha value is -0.120. The molecule has 78 valence electrons. The second-order valence-electron chi connectivity index (χ2n) is 3.79. The number of rotatable bonds is 5. The predicted molar refractivity (Wildman–Crippen MR) is 52.8 cm³/mol. The summed E-state index contributed by atoms with van der Waals surface area (Å²) in [7, 11) is 0. The number of nitrogens with one attached hydrogen (secondary N) is 1. The average molecular weight is 187 g/mol. The molecule has 1 rings (SSSR count). The number of hydrogen-bond acceptors (Lipinski definition) is 3. The summed E-state index contributed by atoms with van der Waals surface area (Å²) in [4.78, 5) is 0. The molecule has 0 aromatic heterocycles. The molecule has 13 heavy (non-hydrogen) atoms. The van der Waals surface area contributed by atoms with Crippen molar-refractivity contribution in [3.63, 3.8) is 0 Å². The Morgan fingerprint density at radius 1 is 1.46 bits per heavy atom. The van der Waals surface area contributed by atoms with Crippen LogP contribution in [-0.4, -0.2) is 37.0 Å². The fourth-order valence-corrected chi connectivity index (χ4v) is 1.73. The van der Waals surface area contributed by atoms with Crippen LogP contribution in [0.5, 0.6) is 0 Å². The molecule has 1 aliphatic rings. The molecule has 1 aliphatic heterocycles. The Bertz CT molecular complexity index is 130. The van der Waals surface area contributed by atoms with Crippen molar-refractivity contribution >= 4 is 0 Å². The fraction of sp³-hybridized carbons (Fsp3) is 1.00. The second kappa shape index (κ2) is 6.35. The first-order valence-corrected chi connectivity index (χ1v) is 5.28. The Balaban J connectivity index is 2.00. The van der Waals surface area contributed by atoms with E-state index in [4.69, 9.17) is 9.84 Å². The topological polar surface area (TPSA) is 41.5 Å². The first-order valence-electron chi connectivity index (χ1n) is 5.28. The van der Waals surface area contributed by atoms with E-state index in [0.717, 1.165) is 38.8 Å². The molecule has 0 saturated carbocycles. The molecule has 3 nitrogen and oxygen atoms in total. The first kappa shape index (κ1) is 11.0. The highest BCUT2D eigenvalue weighted by molar-refractivity contribution is 4.74. The van der Waals surface area contributed by atoms with E-state index in [-0.39, 0.29) is 0 Å². The van der Waals surface area contributed by atoms with Gasteiger partial charge in [-0.3, -0.25) is 0 Å². The highest BCUT2D eigenvalue weighted by Crippen LogP contribution is 2.12. The predicted octanol–water partition coefficient (Wildman–Crippen LogP) is 0.916. The molecule has 2 unspecified atom stereocenters. The molecule has 1 saturated heterocycles. The van der Waals surface area contributed by atoms with Gasteiger partial charge < -0.3 is 15.2 Å². The quantitative estimate of drug-likeness (QED) is 0.629. The van der Waals surface area contributed by atoms with Gasteiger partial charge in [0.1, 0.15) is 0 Å². The lowest BCUT2D eigenvalue weighted by Gasteiger charge is -2.28. The van der Waals surface area contributed by atoms with Gasteiger partial charge in [-0.25, -0.2) is 0 Å². The first-order chi connectivity index (χ1) is 6.33. The number of aliphatic hydroxyl groups excluding tert-OH is 1. The van der Waals surface area contributed by atoms with E-state index >= 15 is 0 Å². The van der Waals surface area contributed by atoms with Crippen LogP contribution < -0.4 is 5.32 Å². The number of ether oxygens (including phenoxy) is 1. The Morgan fingerprint density at radius 2 is 2.31 bits per heavy atom. The highest BCUT2D eigenvalue weighted by Gasteiger charge is 2.17. The summed E-state index contributed by atoms with van der Waals surface area (Å²) in [6.07, 6.45) is 4.64. The third-order valence-electron chi connectivity index (χ3n) is 2.50. The Labute approximate surface area is 80.5 Å². The molecule has 0 aliphatic carbocycles. The molecule has 2 N–H and O–H groups in total. The van der Waals surface area contributed by atoms with Gasteiger partial charge in [-0.2, -0.15) is 0 Å². The van der Waals surface area contributed by atoms with Crippen molar-refractivity contribution < 1.29 is 9.84 Å². The van der Waals surface area contributed by atoms with Crippen LogP contribution >= 0.6 is 0 Å². The van der Waals surface area contributed by atoms with Crippen LogP contribution in [0.3, 0.4) is 0 Å². The minimum Gasteiger partial charge on any atom is -0.396 e. The fourth-order valence-electron chi connectivity index (χ4n) is 1.73. The van der Waals surface area contributed by atoms with E-state index < -0.39 is 0 Å². The molecule has 0 spiro atoms. The van der Waals surface area contributed by atoms with Crippen molar-refractivity contribution in [2.75, 3.05) is 19.8 Å². The zero-order valence-electron chi connectivity index (χ0n) is 8.46. The lowest BCUT2D eigenvalue weighted by Crippen LogP contribution is -2.38. The van der Waals surface area contributed by atoms with E-state index in [1.54, 1.807) is 0 Å². The molecule has 0 aromatic rings. The van der Waals surface area contributed by atoms with Crippen molar-refractivity contribution in [2.24, 2.45) is 0 Å². The SMILES string of the molecule is CC1CC(NCCCCO)CCO1. The normalized spacial score (nSPS) is 29.1. The molecule has 0 bridgehead atoms. The summed E-state index contributed by atoms with van der Waals surface area (Å²) in [6.45, 7) is 4.35. The molecule has 1 fully saturated rings. The summed E-state index contributed by atoms with van der Waals surface area (Å²) < 4.78 is 5.46. The van der Waals surface area contributed by atoms with Crippen LogP contribution in [-0.2, 0) is 4.74 Å². The van der Waals surface area contributed by atoms with Gasteiger partial charge in [-0.05, 0) is 39.2 Å². The third-order valence-corrected chi connectivity index (χ3v) is 2.50. The summed E-state index contributed by atoms with van der Waals surface area (Å²) in [5.74, 6) is 0. The van der Waals surface area contributed by atoms with E-state index in [1.165, 1.54) is 0 Å². The summed E-state index contributed by atoms with van der Waals surface area (Å²) in [5, 5.41) is 12.1.